The molecule has 3 nitrogen and oxygen atoms in total. The van der Waals surface area contributed by atoms with E-state index in [0.717, 1.165) is 5.56 Å². The quantitative estimate of drug-likeness (QED) is 0.906. The van der Waals surface area contributed by atoms with Crippen molar-refractivity contribution in [3.8, 4) is 0 Å². The highest BCUT2D eigenvalue weighted by molar-refractivity contribution is 9.10. The fourth-order valence-electron chi connectivity index (χ4n) is 1.70. The Balaban J connectivity index is 2.96. The van der Waals surface area contributed by atoms with Crippen LogP contribution in [0, 0.1) is 5.82 Å². The Morgan fingerprint density at radius 1 is 1.50 bits per heavy atom. The maximum atomic E-state index is 13.0. The lowest BCUT2D eigenvalue weighted by molar-refractivity contribution is -0.149. The van der Waals surface area contributed by atoms with Gasteiger partial charge in [0.1, 0.15) is 11.4 Å². The van der Waals surface area contributed by atoms with E-state index in [9.17, 15) is 14.3 Å². The van der Waals surface area contributed by atoms with Gasteiger partial charge in [-0.05, 0) is 38.1 Å². The third-order valence-electron chi connectivity index (χ3n) is 3.07. The maximum absolute atomic E-state index is 13.0. The molecule has 0 amide bonds. The first-order chi connectivity index (χ1) is 8.28. The fourth-order valence-corrected chi connectivity index (χ4v) is 2.17. The summed E-state index contributed by atoms with van der Waals surface area (Å²) in [5.41, 5.74) is -0.0877. The Morgan fingerprint density at radius 3 is 2.56 bits per heavy atom. The molecular weight excluding hydrogens is 301 g/mol. The Bertz CT molecular complexity index is 449. The van der Waals surface area contributed by atoms with E-state index in [1.807, 2.05) is 11.8 Å². The zero-order chi connectivity index (χ0) is 13.9. The minimum atomic E-state index is -0.956. The van der Waals surface area contributed by atoms with Crippen molar-refractivity contribution in [2.45, 2.75) is 32.9 Å². The van der Waals surface area contributed by atoms with Crippen molar-refractivity contribution >= 4 is 21.9 Å². The van der Waals surface area contributed by atoms with Crippen LogP contribution >= 0.6 is 15.9 Å². The highest BCUT2D eigenvalue weighted by Crippen LogP contribution is 2.23. The topological polar surface area (TPSA) is 40.5 Å². The Hall–Kier alpha value is -0.940. The lowest BCUT2D eigenvalue weighted by Gasteiger charge is -2.34. The molecule has 1 rings (SSSR count). The van der Waals surface area contributed by atoms with Crippen LogP contribution in [0.25, 0.3) is 0 Å². The summed E-state index contributed by atoms with van der Waals surface area (Å²) in [7, 11) is 0. The first kappa shape index (κ1) is 15.1. The summed E-state index contributed by atoms with van der Waals surface area (Å²) in [6.45, 7) is 6.29. The zero-order valence-electron chi connectivity index (χ0n) is 10.7. The summed E-state index contributed by atoms with van der Waals surface area (Å²) in [6, 6.07) is 4.43. The third kappa shape index (κ3) is 3.29. The molecule has 0 heterocycles. The molecule has 1 aromatic rings. The molecule has 1 aromatic carbocycles. The van der Waals surface area contributed by atoms with E-state index >= 15 is 0 Å². The summed E-state index contributed by atoms with van der Waals surface area (Å²) in [6.07, 6.45) is 0. The number of benzene rings is 1. The molecule has 0 saturated heterocycles. The average Bonchev–Trinajstić information content (AvgIpc) is 2.27. The zero-order valence-corrected chi connectivity index (χ0v) is 12.3. The van der Waals surface area contributed by atoms with E-state index < -0.39 is 11.5 Å². The van der Waals surface area contributed by atoms with Crippen LogP contribution in [0.3, 0.4) is 0 Å². The van der Waals surface area contributed by atoms with Gasteiger partial charge < -0.3 is 5.11 Å². The number of nitrogens with zero attached hydrogens (tertiary/aromatic N) is 1. The maximum Gasteiger partial charge on any atom is 0.323 e. The molecule has 1 N–H and O–H groups in total. The molecule has 0 spiro atoms. The molecule has 0 fully saturated rings. The minimum Gasteiger partial charge on any atom is -0.480 e. The number of hydrogen-bond acceptors (Lipinski definition) is 2. The third-order valence-corrected chi connectivity index (χ3v) is 3.81. The Kier molecular flexibility index (Phi) is 4.87. The highest BCUT2D eigenvalue weighted by Gasteiger charge is 2.33. The highest BCUT2D eigenvalue weighted by atomic mass is 79.9. The number of rotatable bonds is 5. The molecule has 100 valence electrons. The van der Waals surface area contributed by atoms with Crippen LogP contribution in [0.4, 0.5) is 4.39 Å². The molecule has 18 heavy (non-hydrogen) atoms. The normalized spacial score (nSPS) is 11.9. The van der Waals surface area contributed by atoms with E-state index in [0.29, 0.717) is 17.6 Å². The van der Waals surface area contributed by atoms with Crippen LogP contribution in [0.15, 0.2) is 22.7 Å². The predicted molar refractivity (Wildman–Crippen MR) is 71.9 cm³/mol. The van der Waals surface area contributed by atoms with Gasteiger partial charge in [0.05, 0.1) is 0 Å². The number of halogens is 2. The average molecular weight is 318 g/mol. The largest absolute Gasteiger partial charge is 0.480 e. The van der Waals surface area contributed by atoms with Gasteiger partial charge >= 0.3 is 5.97 Å². The lowest BCUT2D eigenvalue weighted by Crippen LogP contribution is -2.49. The standard InChI is InChI=1S/C13H17BrFNO2/c1-4-16(13(2,3)12(17)18)8-9-5-6-10(15)7-11(9)14/h5-7H,4,8H2,1-3H3,(H,17,18). The molecule has 0 bridgehead atoms. The van der Waals surface area contributed by atoms with Gasteiger partial charge in [0.25, 0.3) is 0 Å². The van der Waals surface area contributed by atoms with Gasteiger partial charge in [0.15, 0.2) is 0 Å². The number of carboxylic acid groups (broad SMARTS) is 1. The van der Waals surface area contributed by atoms with Crippen molar-refractivity contribution in [2.75, 3.05) is 6.54 Å². The van der Waals surface area contributed by atoms with E-state index in [1.165, 1.54) is 12.1 Å². The first-order valence-corrected chi connectivity index (χ1v) is 6.50. The van der Waals surface area contributed by atoms with Gasteiger partial charge in [-0.15, -0.1) is 0 Å². The van der Waals surface area contributed by atoms with Crippen molar-refractivity contribution in [3.63, 3.8) is 0 Å². The molecule has 0 aliphatic carbocycles. The number of aliphatic carboxylic acids is 1. The Labute approximate surface area is 115 Å². The second-order valence-corrected chi connectivity index (χ2v) is 5.47. The summed E-state index contributed by atoms with van der Waals surface area (Å²) >= 11 is 3.29. The molecule has 0 aromatic heterocycles. The molecule has 0 aliphatic rings. The second-order valence-electron chi connectivity index (χ2n) is 4.61. The minimum absolute atomic E-state index is 0.314. The van der Waals surface area contributed by atoms with Crippen molar-refractivity contribution < 1.29 is 14.3 Å². The van der Waals surface area contributed by atoms with Gasteiger partial charge in [0, 0.05) is 11.0 Å². The molecule has 0 unspecified atom stereocenters. The van der Waals surface area contributed by atoms with Crippen LogP contribution in [0.5, 0.6) is 0 Å². The van der Waals surface area contributed by atoms with Crippen LogP contribution in [-0.2, 0) is 11.3 Å². The smallest absolute Gasteiger partial charge is 0.323 e. The van der Waals surface area contributed by atoms with E-state index in [4.69, 9.17) is 0 Å². The van der Waals surface area contributed by atoms with E-state index in [1.54, 1.807) is 19.9 Å². The monoisotopic (exact) mass is 317 g/mol. The number of hydrogen-bond donors (Lipinski definition) is 1. The van der Waals surface area contributed by atoms with E-state index in [2.05, 4.69) is 15.9 Å². The van der Waals surface area contributed by atoms with Gasteiger partial charge in [0.2, 0.25) is 0 Å². The van der Waals surface area contributed by atoms with Gasteiger partial charge in [-0.3, -0.25) is 9.69 Å². The summed E-state index contributed by atoms with van der Waals surface area (Å²) in [5, 5.41) is 9.22. The van der Waals surface area contributed by atoms with Crippen molar-refractivity contribution in [1.82, 2.24) is 4.90 Å². The summed E-state index contributed by atoms with van der Waals surface area (Å²) in [5.74, 6) is -1.19. The van der Waals surface area contributed by atoms with Crippen LogP contribution in [0.1, 0.15) is 26.3 Å². The second kappa shape index (κ2) is 5.80. The van der Waals surface area contributed by atoms with Crippen LogP contribution in [0.2, 0.25) is 0 Å². The summed E-state index contributed by atoms with van der Waals surface area (Å²) < 4.78 is 13.6. The van der Waals surface area contributed by atoms with Crippen molar-refractivity contribution in [1.29, 1.82) is 0 Å². The molecule has 0 aliphatic heterocycles. The molecule has 0 radical (unpaired) electrons. The fraction of sp³-hybridized carbons (Fsp3) is 0.462. The number of carbonyl (C=O) groups is 1. The number of likely N-dealkylation sites (N-methyl/N-ethyl adjacent to an activating group) is 1. The summed E-state index contributed by atoms with van der Waals surface area (Å²) in [4.78, 5) is 13.1. The predicted octanol–water partition coefficient (Wildman–Crippen LogP) is 3.27. The molecular formula is C13H17BrFNO2. The van der Waals surface area contributed by atoms with Crippen molar-refractivity contribution in [3.05, 3.63) is 34.1 Å². The lowest BCUT2D eigenvalue weighted by atomic mass is 10.0. The number of carboxylic acids is 1. The molecule has 0 atom stereocenters. The van der Waals surface area contributed by atoms with Crippen LogP contribution < -0.4 is 0 Å². The van der Waals surface area contributed by atoms with Crippen molar-refractivity contribution in [2.24, 2.45) is 0 Å². The van der Waals surface area contributed by atoms with Gasteiger partial charge in [-0.25, -0.2) is 4.39 Å². The van der Waals surface area contributed by atoms with Gasteiger partial charge in [-0.1, -0.05) is 28.9 Å². The van der Waals surface area contributed by atoms with E-state index in [-0.39, 0.29) is 5.82 Å². The van der Waals surface area contributed by atoms with Crippen LogP contribution in [-0.4, -0.2) is 28.1 Å². The Morgan fingerprint density at radius 2 is 2.11 bits per heavy atom. The molecule has 0 saturated carbocycles. The SMILES string of the molecule is CCN(Cc1ccc(F)cc1Br)C(C)(C)C(=O)O. The first-order valence-electron chi connectivity index (χ1n) is 5.71. The molecule has 5 heteroatoms. The van der Waals surface area contributed by atoms with Gasteiger partial charge in [-0.2, -0.15) is 0 Å².